The predicted molar refractivity (Wildman–Crippen MR) is 160 cm³/mol. The minimum absolute atomic E-state index is 0.197. The fourth-order valence-corrected chi connectivity index (χ4v) is 6.48. The summed E-state index contributed by atoms with van der Waals surface area (Å²) in [5.74, 6) is -0.532. The molecule has 0 unspecified atom stereocenters. The van der Waals surface area contributed by atoms with Crippen LogP contribution >= 0.6 is 15.9 Å². The molecule has 2 aliphatic rings. The normalized spacial score (nSPS) is 22.5. The van der Waals surface area contributed by atoms with Gasteiger partial charge in [-0.15, -0.1) is 0 Å². The minimum atomic E-state index is -1.46. The molecule has 0 radical (unpaired) electrons. The number of rotatable bonds is 7. The molecule has 1 aromatic carbocycles. The zero-order valence-corrected chi connectivity index (χ0v) is 25.6. The van der Waals surface area contributed by atoms with Gasteiger partial charge in [0.2, 0.25) is 11.8 Å². The average molecular weight is 649 g/mol. The van der Waals surface area contributed by atoms with Crippen LogP contribution in [0.3, 0.4) is 0 Å². The third-order valence-corrected chi connectivity index (χ3v) is 8.98. The summed E-state index contributed by atoms with van der Waals surface area (Å²) in [6.45, 7) is 6.39. The number of aryl methyl sites for hydroxylation is 2. The molecular formula is C30H30BrN7O5. The van der Waals surface area contributed by atoms with Crippen LogP contribution in [0.4, 0.5) is 5.82 Å². The van der Waals surface area contributed by atoms with Crippen molar-refractivity contribution in [3.63, 3.8) is 0 Å². The van der Waals surface area contributed by atoms with Crippen molar-refractivity contribution >= 4 is 50.2 Å². The first-order valence-corrected chi connectivity index (χ1v) is 14.6. The molecule has 3 N–H and O–H groups in total. The fourth-order valence-electron chi connectivity index (χ4n) is 6.17. The summed E-state index contributed by atoms with van der Waals surface area (Å²) in [5, 5.41) is 28.6. The molecule has 1 aliphatic carbocycles. The molecule has 3 aromatic heterocycles. The Kier molecular flexibility index (Phi) is 6.94. The number of nitrogens with one attached hydrogen (secondary N) is 1. The summed E-state index contributed by atoms with van der Waals surface area (Å²) in [4.78, 5) is 54.0. The number of carbonyl (C=O) groups is 3. The maximum atomic E-state index is 14.0. The number of carbonyl (C=O) groups excluding carboxylic acids is 3. The lowest BCUT2D eigenvalue weighted by Gasteiger charge is -2.30. The molecule has 43 heavy (non-hydrogen) atoms. The molecule has 12 nitrogen and oxygen atoms in total. The van der Waals surface area contributed by atoms with E-state index in [-0.39, 0.29) is 24.6 Å². The molecule has 3 atom stereocenters. The first-order valence-electron chi connectivity index (χ1n) is 13.8. The highest BCUT2D eigenvalue weighted by atomic mass is 79.9. The number of likely N-dealkylation sites (tertiary alicyclic amines) is 1. The van der Waals surface area contributed by atoms with E-state index in [0.717, 1.165) is 16.7 Å². The standard InChI is InChI=1S/C30H30BrN7O5/c1-15-5-6-22(31)34-27(15)35-28(42)21-9-29(4)14-30(29,43)38(21)24(41)12-37-26-16(2)7-18(8-20(26)25(36-37)17(3)40)19-10-32-23(13-39)33-11-19/h5-8,10-11,21,39,43H,9,12-14H2,1-4H3,(H,34,35,42)/t21-,29-,30-/m0/s1. The third kappa shape index (κ3) is 4.81. The van der Waals surface area contributed by atoms with E-state index in [1.165, 1.54) is 16.5 Å². The van der Waals surface area contributed by atoms with Crippen molar-refractivity contribution in [1.29, 1.82) is 0 Å². The van der Waals surface area contributed by atoms with Crippen LogP contribution in [0.15, 0.2) is 41.3 Å². The van der Waals surface area contributed by atoms with Gasteiger partial charge in [0.05, 0.1) is 5.52 Å². The number of aromatic nitrogens is 5. The van der Waals surface area contributed by atoms with E-state index in [1.54, 1.807) is 24.5 Å². The van der Waals surface area contributed by atoms with Crippen LogP contribution in [0.2, 0.25) is 0 Å². The number of hydrogen-bond donors (Lipinski definition) is 3. The van der Waals surface area contributed by atoms with Crippen LogP contribution in [0, 0.1) is 19.3 Å². The SMILES string of the molecule is CC(=O)c1nn(CC(=O)N2[C@H](C(=O)Nc3nc(Br)ccc3C)C[C@@]3(C)C[C@@]23O)c2c(C)cc(-c3cnc(CO)nc3)cc12. The second-order valence-corrected chi connectivity index (χ2v) is 12.4. The quantitative estimate of drug-likeness (QED) is 0.202. The molecule has 2 fully saturated rings. The highest BCUT2D eigenvalue weighted by Crippen LogP contribution is 2.66. The number of aliphatic hydroxyl groups is 2. The summed E-state index contributed by atoms with van der Waals surface area (Å²) >= 11 is 3.32. The van der Waals surface area contributed by atoms with Gasteiger partial charge in [0.15, 0.2) is 11.6 Å². The van der Waals surface area contributed by atoms with Gasteiger partial charge in [-0.25, -0.2) is 15.0 Å². The Morgan fingerprint density at radius 1 is 1.12 bits per heavy atom. The first kappa shape index (κ1) is 29.0. The Morgan fingerprint density at radius 3 is 2.51 bits per heavy atom. The number of anilines is 1. The molecular weight excluding hydrogens is 618 g/mol. The maximum absolute atomic E-state index is 14.0. The molecule has 0 bridgehead atoms. The van der Waals surface area contributed by atoms with Crippen LogP contribution in [0.1, 0.15) is 54.1 Å². The second kappa shape index (κ2) is 10.3. The molecule has 1 aliphatic heterocycles. The van der Waals surface area contributed by atoms with E-state index in [1.807, 2.05) is 32.9 Å². The fraction of sp³-hybridized carbons (Fsp3) is 0.367. The Bertz CT molecular complexity index is 1820. The van der Waals surface area contributed by atoms with Gasteiger partial charge >= 0.3 is 0 Å². The number of amides is 2. The predicted octanol–water partition coefficient (Wildman–Crippen LogP) is 3.30. The molecule has 13 heteroatoms. The Labute approximate surface area is 255 Å². The number of benzene rings is 1. The number of nitrogens with zero attached hydrogens (tertiary/aromatic N) is 6. The number of Topliss-reactive ketones (excluding diaryl/α,β-unsaturated/α-hetero) is 1. The zero-order chi connectivity index (χ0) is 30.8. The average Bonchev–Trinajstić information content (AvgIpc) is 3.21. The lowest BCUT2D eigenvalue weighted by molar-refractivity contribution is -0.151. The number of halogens is 1. The van der Waals surface area contributed by atoms with Crippen molar-refractivity contribution in [3.8, 4) is 11.1 Å². The van der Waals surface area contributed by atoms with E-state index in [2.05, 4.69) is 41.3 Å². The third-order valence-electron chi connectivity index (χ3n) is 8.54. The van der Waals surface area contributed by atoms with Gasteiger partial charge in [0.25, 0.3) is 0 Å². The summed E-state index contributed by atoms with van der Waals surface area (Å²) in [7, 11) is 0. The Morgan fingerprint density at radius 2 is 1.84 bits per heavy atom. The van der Waals surface area contributed by atoms with Gasteiger partial charge in [0.1, 0.15) is 41.0 Å². The molecule has 4 heterocycles. The van der Waals surface area contributed by atoms with Crippen molar-refractivity contribution in [2.24, 2.45) is 5.41 Å². The highest BCUT2D eigenvalue weighted by Gasteiger charge is 2.75. The van der Waals surface area contributed by atoms with E-state index >= 15 is 0 Å². The summed E-state index contributed by atoms with van der Waals surface area (Å²) in [5.41, 5.74) is 1.68. The molecule has 222 valence electrons. The highest BCUT2D eigenvalue weighted by molar-refractivity contribution is 9.10. The Hall–Kier alpha value is -4.07. The van der Waals surface area contributed by atoms with Crippen LogP contribution < -0.4 is 5.32 Å². The number of piperidine rings is 1. The van der Waals surface area contributed by atoms with Crippen LogP contribution in [0.25, 0.3) is 22.0 Å². The van der Waals surface area contributed by atoms with Crippen LogP contribution in [-0.4, -0.2) is 69.2 Å². The van der Waals surface area contributed by atoms with Crippen molar-refractivity contribution in [2.45, 2.75) is 65.5 Å². The first-order chi connectivity index (χ1) is 20.3. The van der Waals surface area contributed by atoms with Crippen molar-refractivity contribution in [3.05, 3.63) is 63.9 Å². The van der Waals surface area contributed by atoms with Gasteiger partial charge < -0.3 is 20.4 Å². The number of ketones is 1. The van der Waals surface area contributed by atoms with Gasteiger partial charge in [-0.2, -0.15) is 5.10 Å². The van der Waals surface area contributed by atoms with Gasteiger partial charge in [-0.05, 0) is 71.1 Å². The van der Waals surface area contributed by atoms with E-state index < -0.39 is 29.0 Å². The smallest absolute Gasteiger partial charge is 0.248 e. The molecule has 4 aromatic rings. The van der Waals surface area contributed by atoms with E-state index in [0.29, 0.717) is 45.6 Å². The number of fused-ring (bicyclic) bond motifs is 2. The van der Waals surface area contributed by atoms with Crippen molar-refractivity contribution in [1.82, 2.24) is 29.6 Å². The van der Waals surface area contributed by atoms with E-state index in [9.17, 15) is 24.6 Å². The number of hydrogen-bond acceptors (Lipinski definition) is 9. The van der Waals surface area contributed by atoms with E-state index in [4.69, 9.17) is 0 Å². The zero-order valence-electron chi connectivity index (χ0n) is 24.1. The van der Waals surface area contributed by atoms with Gasteiger partial charge in [-0.3, -0.25) is 19.1 Å². The van der Waals surface area contributed by atoms with Crippen LogP contribution in [-0.2, 0) is 22.7 Å². The Balaban J connectivity index is 1.34. The lowest BCUT2D eigenvalue weighted by atomic mass is 10.0. The summed E-state index contributed by atoms with van der Waals surface area (Å²) in [6, 6.07) is 6.36. The topological polar surface area (TPSA) is 163 Å². The monoisotopic (exact) mass is 647 g/mol. The molecule has 1 saturated heterocycles. The second-order valence-electron chi connectivity index (χ2n) is 11.6. The van der Waals surface area contributed by atoms with Crippen molar-refractivity contribution < 1.29 is 24.6 Å². The summed E-state index contributed by atoms with van der Waals surface area (Å²) in [6.07, 6.45) is 3.85. The van der Waals surface area contributed by atoms with Crippen LogP contribution in [0.5, 0.6) is 0 Å². The molecule has 0 spiro atoms. The lowest BCUT2D eigenvalue weighted by Crippen LogP contribution is -2.51. The molecule has 1 saturated carbocycles. The van der Waals surface area contributed by atoms with Gasteiger partial charge in [0, 0.05) is 42.1 Å². The maximum Gasteiger partial charge on any atom is 0.248 e. The van der Waals surface area contributed by atoms with Crippen molar-refractivity contribution in [2.75, 3.05) is 5.32 Å². The largest absolute Gasteiger partial charge is 0.388 e. The van der Waals surface area contributed by atoms with Gasteiger partial charge in [-0.1, -0.05) is 13.0 Å². The number of pyridine rings is 1. The number of aliphatic hydroxyl groups excluding tert-OH is 1. The minimum Gasteiger partial charge on any atom is -0.388 e. The molecule has 2 amide bonds. The summed E-state index contributed by atoms with van der Waals surface area (Å²) < 4.78 is 2.02. The molecule has 6 rings (SSSR count).